The van der Waals surface area contributed by atoms with E-state index < -0.39 is 0 Å². The van der Waals surface area contributed by atoms with Crippen LogP contribution >= 0.6 is 0 Å². The van der Waals surface area contributed by atoms with Crippen molar-refractivity contribution in [1.82, 2.24) is 10.3 Å². The van der Waals surface area contributed by atoms with E-state index in [-0.39, 0.29) is 6.03 Å². The third-order valence-electron chi connectivity index (χ3n) is 3.14. The van der Waals surface area contributed by atoms with Gasteiger partial charge in [0.1, 0.15) is 0 Å². The Kier molecular flexibility index (Phi) is 1.92. The minimum atomic E-state index is -0.121. The van der Waals surface area contributed by atoms with Crippen molar-refractivity contribution in [2.75, 3.05) is 13.1 Å². The van der Waals surface area contributed by atoms with Gasteiger partial charge in [0, 0.05) is 13.1 Å². The predicted octanol–water partition coefficient (Wildman–Crippen LogP) is 0.302. The number of amides is 2. The maximum absolute atomic E-state index is 11.1. The highest BCUT2D eigenvalue weighted by molar-refractivity contribution is 5.73. The van der Waals surface area contributed by atoms with Gasteiger partial charge in [-0.1, -0.05) is 6.42 Å². The van der Waals surface area contributed by atoms with E-state index in [0.29, 0.717) is 0 Å². The van der Waals surface area contributed by atoms with Crippen LogP contribution in [0.4, 0.5) is 4.79 Å². The van der Waals surface area contributed by atoms with E-state index in [9.17, 15) is 4.79 Å². The van der Waals surface area contributed by atoms with Crippen molar-refractivity contribution in [2.45, 2.75) is 19.3 Å². The molecule has 2 fully saturated rings. The molecule has 4 nitrogen and oxygen atoms in total. The molecule has 3 N–H and O–H groups in total. The molecule has 0 bridgehead atoms. The summed E-state index contributed by atoms with van der Waals surface area (Å²) in [6, 6.07) is -0.121. The third-order valence-corrected chi connectivity index (χ3v) is 3.14. The number of carbonyl (C=O) groups is 1. The smallest absolute Gasteiger partial charge is 0.323 e. The lowest BCUT2D eigenvalue weighted by Gasteiger charge is -2.15. The summed E-state index contributed by atoms with van der Waals surface area (Å²) in [7, 11) is 0. The van der Waals surface area contributed by atoms with Crippen LogP contribution in [0, 0.1) is 11.8 Å². The van der Waals surface area contributed by atoms with Gasteiger partial charge in [0.25, 0.3) is 0 Å². The number of nitrogens with two attached hydrogens (primary N) is 1. The van der Waals surface area contributed by atoms with Crippen LogP contribution in [0.25, 0.3) is 0 Å². The van der Waals surface area contributed by atoms with Crippen LogP contribution in [0.1, 0.15) is 19.3 Å². The number of rotatable bonds is 0. The van der Waals surface area contributed by atoms with Gasteiger partial charge in [-0.25, -0.2) is 10.6 Å². The number of fused-ring (bicyclic) bond motifs is 1. The molecule has 2 rings (SSSR count). The molecule has 0 aromatic carbocycles. The Morgan fingerprint density at radius 2 is 1.92 bits per heavy atom. The fourth-order valence-corrected chi connectivity index (χ4v) is 2.49. The molecule has 4 heteroatoms. The number of urea groups is 1. The lowest BCUT2D eigenvalue weighted by molar-refractivity contribution is 0.205. The van der Waals surface area contributed by atoms with Crippen LogP contribution in [0.3, 0.4) is 0 Å². The molecule has 2 unspecified atom stereocenters. The average molecular weight is 169 g/mol. The second-order valence-corrected chi connectivity index (χ2v) is 3.81. The van der Waals surface area contributed by atoms with Crippen LogP contribution in [-0.2, 0) is 0 Å². The first-order chi connectivity index (χ1) is 5.81. The zero-order chi connectivity index (χ0) is 8.55. The standard InChI is InChI=1S/C8H15N3O/c9-10-8(12)11-4-6-2-1-3-7(6)5-11/h6-7H,1-5,9H2,(H,10,12). The highest BCUT2D eigenvalue weighted by atomic mass is 16.2. The summed E-state index contributed by atoms with van der Waals surface area (Å²) in [4.78, 5) is 13.0. The largest absolute Gasteiger partial charge is 0.331 e. The van der Waals surface area contributed by atoms with Crippen molar-refractivity contribution in [3.63, 3.8) is 0 Å². The summed E-state index contributed by atoms with van der Waals surface area (Å²) in [5.74, 6) is 6.57. The summed E-state index contributed by atoms with van der Waals surface area (Å²) in [5, 5.41) is 0. The predicted molar refractivity (Wildman–Crippen MR) is 45.1 cm³/mol. The van der Waals surface area contributed by atoms with E-state index in [1.807, 2.05) is 4.90 Å². The summed E-state index contributed by atoms with van der Waals surface area (Å²) in [6.45, 7) is 1.82. The SMILES string of the molecule is NNC(=O)N1CC2CCCC2C1. The van der Waals surface area contributed by atoms with Gasteiger partial charge in [-0.05, 0) is 24.7 Å². The van der Waals surface area contributed by atoms with E-state index in [0.717, 1.165) is 24.9 Å². The second kappa shape index (κ2) is 2.94. The van der Waals surface area contributed by atoms with E-state index >= 15 is 0 Å². The van der Waals surface area contributed by atoms with E-state index in [1.165, 1.54) is 19.3 Å². The van der Waals surface area contributed by atoms with Crippen molar-refractivity contribution in [3.05, 3.63) is 0 Å². The lowest BCUT2D eigenvalue weighted by Crippen LogP contribution is -2.42. The molecule has 1 aliphatic heterocycles. The topological polar surface area (TPSA) is 58.4 Å². The molecular formula is C8H15N3O. The Balaban J connectivity index is 1.94. The maximum Gasteiger partial charge on any atom is 0.331 e. The molecule has 0 radical (unpaired) electrons. The summed E-state index contributed by atoms with van der Waals surface area (Å²) < 4.78 is 0. The van der Waals surface area contributed by atoms with Gasteiger partial charge in [0.15, 0.2) is 0 Å². The van der Waals surface area contributed by atoms with Gasteiger partial charge >= 0.3 is 6.03 Å². The first-order valence-corrected chi connectivity index (χ1v) is 4.57. The van der Waals surface area contributed by atoms with Crippen molar-refractivity contribution >= 4 is 6.03 Å². The molecule has 1 heterocycles. The molecule has 68 valence electrons. The van der Waals surface area contributed by atoms with Gasteiger partial charge in [0.05, 0.1) is 0 Å². The third kappa shape index (κ3) is 1.16. The Hall–Kier alpha value is -0.770. The van der Waals surface area contributed by atoms with Gasteiger partial charge < -0.3 is 4.90 Å². The fourth-order valence-electron chi connectivity index (χ4n) is 2.49. The number of nitrogens with one attached hydrogen (secondary N) is 1. The molecule has 0 spiro atoms. The van der Waals surface area contributed by atoms with Crippen molar-refractivity contribution in [3.8, 4) is 0 Å². The molecule has 1 aliphatic carbocycles. The monoisotopic (exact) mass is 169 g/mol. The normalized spacial score (nSPS) is 33.6. The van der Waals surface area contributed by atoms with Crippen LogP contribution < -0.4 is 11.3 Å². The maximum atomic E-state index is 11.1. The Bertz CT molecular complexity index is 183. The summed E-state index contributed by atoms with van der Waals surface area (Å²) in [6.07, 6.45) is 3.92. The van der Waals surface area contributed by atoms with Crippen LogP contribution in [0.15, 0.2) is 0 Å². The number of carbonyl (C=O) groups excluding carboxylic acids is 1. The minimum Gasteiger partial charge on any atom is -0.323 e. The van der Waals surface area contributed by atoms with Gasteiger partial charge in [0.2, 0.25) is 0 Å². The molecule has 0 aromatic rings. The number of likely N-dealkylation sites (tertiary alicyclic amines) is 1. The number of hydrogen-bond donors (Lipinski definition) is 2. The molecule has 2 aliphatic rings. The number of hydrazine groups is 1. The van der Waals surface area contributed by atoms with Crippen LogP contribution in [0.2, 0.25) is 0 Å². The molecule has 12 heavy (non-hydrogen) atoms. The van der Waals surface area contributed by atoms with Crippen molar-refractivity contribution in [2.24, 2.45) is 17.7 Å². The fraction of sp³-hybridized carbons (Fsp3) is 0.875. The van der Waals surface area contributed by atoms with E-state index in [2.05, 4.69) is 5.43 Å². The first kappa shape index (κ1) is 7.86. The second-order valence-electron chi connectivity index (χ2n) is 3.81. The average Bonchev–Trinajstić information content (AvgIpc) is 2.60. The van der Waals surface area contributed by atoms with Crippen LogP contribution in [0.5, 0.6) is 0 Å². The zero-order valence-corrected chi connectivity index (χ0v) is 7.12. The molecule has 2 atom stereocenters. The first-order valence-electron chi connectivity index (χ1n) is 4.57. The van der Waals surface area contributed by atoms with Crippen molar-refractivity contribution < 1.29 is 4.79 Å². The Morgan fingerprint density at radius 3 is 2.42 bits per heavy atom. The minimum absolute atomic E-state index is 0.121. The van der Waals surface area contributed by atoms with Gasteiger partial charge in [-0.2, -0.15) is 0 Å². The lowest BCUT2D eigenvalue weighted by atomic mass is 10.0. The number of nitrogens with zero attached hydrogens (tertiary/aromatic N) is 1. The molecule has 1 saturated carbocycles. The van der Waals surface area contributed by atoms with Crippen molar-refractivity contribution in [1.29, 1.82) is 0 Å². The summed E-state index contributed by atoms with van der Waals surface area (Å²) >= 11 is 0. The highest BCUT2D eigenvalue weighted by Crippen LogP contribution is 2.37. The molecular weight excluding hydrogens is 154 g/mol. The van der Waals surface area contributed by atoms with E-state index in [1.54, 1.807) is 0 Å². The van der Waals surface area contributed by atoms with E-state index in [4.69, 9.17) is 5.84 Å². The Labute approximate surface area is 72.1 Å². The quantitative estimate of drug-likeness (QED) is 0.311. The summed E-state index contributed by atoms with van der Waals surface area (Å²) in [5.41, 5.74) is 2.18. The highest BCUT2D eigenvalue weighted by Gasteiger charge is 2.37. The van der Waals surface area contributed by atoms with Gasteiger partial charge in [-0.3, -0.25) is 5.43 Å². The van der Waals surface area contributed by atoms with Gasteiger partial charge in [-0.15, -0.1) is 0 Å². The number of hydrogen-bond acceptors (Lipinski definition) is 2. The molecule has 2 amide bonds. The zero-order valence-electron chi connectivity index (χ0n) is 7.12. The molecule has 1 saturated heterocycles. The Morgan fingerprint density at radius 1 is 1.33 bits per heavy atom. The van der Waals surface area contributed by atoms with Crippen LogP contribution in [-0.4, -0.2) is 24.0 Å². The molecule has 0 aromatic heterocycles.